The minimum atomic E-state index is -0.736. The highest BCUT2D eigenvalue weighted by Gasteiger charge is 2.12. The molecular formula is C8H7N3O2. The number of aromatic amines is 1. The van der Waals surface area contributed by atoms with Gasteiger partial charge in [0.1, 0.15) is 0 Å². The fourth-order valence-electron chi connectivity index (χ4n) is 1.19. The summed E-state index contributed by atoms with van der Waals surface area (Å²) in [6.45, 7) is 0. The first-order chi connectivity index (χ1) is 6.20. The summed E-state index contributed by atoms with van der Waals surface area (Å²) >= 11 is 0. The second-order valence-corrected chi connectivity index (χ2v) is 2.62. The van der Waals surface area contributed by atoms with Gasteiger partial charge in [0.15, 0.2) is 11.4 Å². The molecule has 0 aliphatic heterocycles. The van der Waals surface area contributed by atoms with Crippen LogP contribution >= 0.6 is 0 Å². The Bertz CT molecular complexity index is 475. The van der Waals surface area contributed by atoms with Crippen molar-refractivity contribution in [2.24, 2.45) is 5.73 Å². The number of fused-ring (bicyclic) bond motifs is 1. The van der Waals surface area contributed by atoms with Crippen LogP contribution in [-0.2, 0) is 0 Å². The minimum absolute atomic E-state index is 0.105. The maximum Gasteiger partial charge on any atom is 0.271 e. The summed E-state index contributed by atoms with van der Waals surface area (Å²) in [4.78, 5) is 17.4. The molecule has 5 nitrogen and oxygen atoms in total. The molecule has 4 N–H and O–H groups in total. The molecule has 0 aliphatic rings. The first-order valence-electron chi connectivity index (χ1n) is 3.65. The molecule has 1 amide bonds. The summed E-state index contributed by atoms with van der Waals surface area (Å²) in [5.74, 6) is -0.910. The molecule has 2 rings (SSSR count). The van der Waals surface area contributed by atoms with Crippen LogP contribution in [0.4, 0.5) is 0 Å². The Morgan fingerprint density at radius 3 is 3.08 bits per heavy atom. The van der Waals surface area contributed by atoms with Gasteiger partial charge in [-0.15, -0.1) is 0 Å². The number of rotatable bonds is 1. The Morgan fingerprint density at radius 1 is 1.62 bits per heavy atom. The van der Waals surface area contributed by atoms with E-state index >= 15 is 0 Å². The predicted molar refractivity (Wildman–Crippen MR) is 46.3 cm³/mol. The van der Waals surface area contributed by atoms with Crippen molar-refractivity contribution in [3.05, 3.63) is 24.2 Å². The van der Waals surface area contributed by atoms with Crippen molar-refractivity contribution in [3.8, 4) is 5.75 Å². The summed E-state index contributed by atoms with van der Waals surface area (Å²) in [7, 11) is 0. The van der Waals surface area contributed by atoms with E-state index in [2.05, 4.69) is 9.97 Å². The van der Waals surface area contributed by atoms with Gasteiger partial charge in [0.25, 0.3) is 5.91 Å². The van der Waals surface area contributed by atoms with Gasteiger partial charge in [-0.05, 0) is 6.07 Å². The number of pyridine rings is 1. The number of carbonyl (C=O) groups excluding carboxylic acids is 1. The predicted octanol–water partition coefficient (Wildman–Crippen LogP) is 0.367. The molecule has 0 fully saturated rings. The monoisotopic (exact) mass is 177 g/mol. The SMILES string of the molecule is NC(=O)c1ncc2[nH]ccc2c1O. The number of primary amides is 1. The van der Waals surface area contributed by atoms with E-state index in [0.29, 0.717) is 10.9 Å². The van der Waals surface area contributed by atoms with E-state index in [0.717, 1.165) is 0 Å². The van der Waals surface area contributed by atoms with Gasteiger partial charge in [0.05, 0.1) is 11.7 Å². The third kappa shape index (κ3) is 1.01. The molecule has 2 aromatic heterocycles. The third-order valence-electron chi connectivity index (χ3n) is 1.81. The van der Waals surface area contributed by atoms with Crippen LogP contribution < -0.4 is 5.73 Å². The van der Waals surface area contributed by atoms with Gasteiger partial charge in [0.2, 0.25) is 0 Å². The molecule has 0 spiro atoms. The summed E-state index contributed by atoms with van der Waals surface area (Å²) in [5, 5.41) is 10.1. The third-order valence-corrected chi connectivity index (χ3v) is 1.81. The number of aromatic hydroxyl groups is 1. The van der Waals surface area contributed by atoms with Gasteiger partial charge in [-0.25, -0.2) is 4.98 Å². The van der Waals surface area contributed by atoms with E-state index in [1.54, 1.807) is 12.3 Å². The van der Waals surface area contributed by atoms with E-state index in [-0.39, 0.29) is 11.4 Å². The molecule has 0 bridgehead atoms. The lowest BCUT2D eigenvalue weighted by atomic mass is 10.2. The quantitative estimate of drug-likeness (QED) is 0.587. The molecule has 0 aromatic carbocycles. The van der Waals surface area contributed by atoms with E-state index in [9.17, 15) is 9.90 Å². The number of nitrogens with one attached hydrogen (secondary N) is 1. The number of hydrogen-bond acceptors (Lipinski definition) is 3. The number of amides is 1. The lowest BCUT2D eigenvalue weighted by Gasteiger charge is -1.99. The lowest BCUT2D eigenvalue weighted by Crippen LogP contribution is -2.13. The fraction of sp³-hybridized carbons (Fsp3) is 0. The van der Waals surface area contributed by atoms with Crippen LogP contribution in [0.5, 0.6) is 5.75 Å². The largest absolute Gasteiger partial charge is 0.505 e. The first-order valence-corrected chi connectivity index (χ1v) is 3.65. The normalized spacial score (nSPS) is 10.5. The van der Waals surface area contributed by atoms with Gasteiger partial charge in [-0.2, -0.15) is 0 Å². The van der Waals surface area contributed by atoms with E-state index < -0.39 is 5.91 Å². The van der Waals surface area contributed by atoms with E-state index in [1.165, 1.54) is 6.20 Å². The molecule has 2 heterocycles. The van der Waals surface area contributed by atoms with Gasteiger partial charge in [-0.3, -0.25) is 4.79 Å². The van der Waals surface area contributed by atoms with Crippen molar-refractivity contribution in [1.82, 2.24) is 9.97 Å². The maximum absolute atomic E-state index is 10.8. The minimum Gasteiger partial charge on any atom is -0.505 e. The van der Waals surface area contributed by atoms with Crippen LogP contribution in [0.15, 0.2) is 18.5 Å². The molecule has 0 unspecified atom stereocenters. The zero-order chi connectivity index (χ0) is 9.42. The Labute approximate surface area is 73.2 Å². The molecule has 0 saturated carbocycles. The zero-order valence-electron chi connectivity index (χ0n) is 6.61. The Kier molecular flexibility index (Phi) is 1.45. The maximum atomic E-state index is 10.8. The molecule has 13 heavy (non-hydrogen) atoms. The topological polar surface area (TPSA) is 92.0 Å². The summed E-state index contributed by atoms with van der Waals surface area (Å²) < 4.78 is 0. The molecule has 0 radical (unpaired) electrons. The average molecular weight is 177 g/mol. The van der Waals surface area contributed by atoms with E-state index in [1.807, 2.05) is 0 Å². The number of nitrogens with two attached hydrogens (primary N) is 1. The standard InChI is InChI=1S/C8H7N3O2/c9-8(13)6-7(12)4-1-2-10-5(4)3-11-6/h1-3,10,12H,(H2,9,13). The Morgan fingerprint density at radius 2 is 2.38 bits per heavy atom. The van der Waals surface area contributed by atoms with Gasteiger partial charge >= 0.3 is 0 Å². The van der Waals surface area contributed by atoms with Crippen LogP contribution in [0.1, 0.15) is 10.5 Å². The molecular weight excluding hydrogens is 170 g/mol. The summed E-state index contributed by atoms with van der Waals surface area (Å²) in [6, 6.07) is 1.65. The molecule has 0 atom stereocenters. The smallest absolute Gasteiger partial charge is 0.271 e. The van der Waals surface area contributed by atoms with Gasteiger partial charge in [-0.1, -0.05) is 0 Å². The molecule has 0 saturated heterocycles. The first kappa shape index (κ1) is 7.60. The van der Waals surface area contributed by atoms with Crippen LogP contribution in [0.25, 0.3) is 10.9 Å². The van der Waals surface area contributed by atoms with Crippen LogP contribution in [-0.4, -0.2) is 21.0 Å². The number of aromatic nitrogens is 2. The van der Waals surface area contributed by atoms with Crippen molar-refractivity contribution in [1.29, 1.82) is 0 Å². The van der Waals surface area contributed by atoms with Gasteiger partial charge < -0.3 is 15.8 Å². The molecule has 66 valence electrons. The van der Waals surface area contributed by atoms with E-state index in [4.69, 9.17) is 5.73 Å². The fourth-order valence-corrected chi connectivity index (χ4v) is 1.19. The van der Waals surface area contributed by atoms with Crippen LogP contribution in [0.3, 0.4) is 0 Å². The van der Waals surface area contributed by atoms with Crippen LogP contribution in [0, 0.1) is 0 Å². The highest BCUT2D eigenvalue weighted by Crippen LogP contribution is 2.25. The van der Waals surface area contributed by atoms with Crippen LogP contribution in [0.2, 0.25) is 0 Å². The lowest BCUT2D eigenvalue weighted by molar-refractivity contribution is 0.0993. The second-order valence-electron chi connectivity index (χ2n) is 2.62. The molecule has 0 aliphatic carbocycles. The number of hydrogen-bond donors (Lipinski definition) is 3. The molecule has 2 aromatic rings. The summed E-state index contributed by atoms with van der Waals surface area (Å²) in [6.07, 6.45) is 3.10. The summed E-state index contributed by atoms with van der Waals surface area (Å²) in [5.41, 5.74) is 5.57. The number of carbonyl (C=O) groups is 1. The second kappa shape index (κ2) is 2.48. The average Bonchev–Trinajstić information content (AvgIpc) is 2.52. The van der Waals surface area contributed by atoms with Crippen molar-refractivity contribution in [2.75, 3.05) is 0 Å². The van der Waals surface area contributed by atoms with Crippen molar-refractivity contribution in [2.45, 2.75) is 0 Å². The highest BCUT2D eigenvalue weighted by atomic mass is 16.3. The zero-order valence-corrected chi connectivity index (χ0v) is 6.61. The highest BCUT2D eigenvalue weighted by molar-refractivity contribution is 5.99. The van der Waals surface area contributed by atoms with Crippen molar-refractivity contribution in [3.63, 3.8) is 0 Å². The number of nitrogens with zero attached hydrogens (tertiary/aromatic N) is 1. The van der Waals surface area contributed by atoms with Gasteiger partial charge in [0, 0.05) is 11.6 Å². The van der Waals surface area contributed by atoms with Crippen molar-refractivity contribution >= 4 is 16.8 Å². The van der Waals surface area contributed by atoms with Crippen molar-refractivity contribution < 1.29 is 9.90 Å². The molecule has 5 heteroatoms. The number of H-pyrrole nitrogens is 1. The Balaban J connectivity index is 2.80. The Hall–Kier alpha value is -2.04.